The monoisotopic (exact) mass is 647 g/mol. The molecule has 248 valence electrons. The van der Waals surface area contributed by atoms with Gasteiger partial charge in [-0.3, -0.25) is 9.38 Å². The van der Waals surface area contributed by atoms with Crippen LogP contribution in [0.25, 0.3) is 27.8 Å². The van der Waals surface area contributed by atoms with Crippen molar-refractivity contribution in [2.75, 3.05) is 80.3 Å². The van der Waals surface area contributed by atoms with Gasteiger partial charge in [0, 0.05) is 81.1 Å². The van der Waals surface area contributed by atoms with Crippen LogP contribution >= 0.6 is 0 Å². The zero-order chi connectivity index (χ0) is 32.8. The van der Waals surface area contributed by atoms with Crippen LogP contribution in [0.4, 0.5) is 22.2 Å². The highest BCUT2D eigenvalue weighted by Crippen LogP contribution is 2.34. The van der Waals surface area contributed by atoms with Crippen molar-refractivity contribution in [3.05, 3.63) is 72.8 Å². The SMILES string of the molecule is CC(C)(C)OC(=O)N1CCN(c2ccc(-c3cnc(N4CCOCC4)c4nc(N5CC(c6ccc7ccccc7n6)C5)cn34)cn2)CC1. The Morgan fingerprint density at radius 2 is 1.60 bits per heavy atom. The van der Waals surface area contributed by atoms with Crippen molar-refractivity contribution in [3.63, 3.8) is 0 Å². The van der Waals surface area contributed by atoms with Gasteiger partial charge in [0.15, 0.2) is 11.5 Å². The van der Waals surface area contributed by atoms with Gasteiger partial charge in [-0.1, -0.05) is 24.3 Å². The summed E-state index contributed by atoms with van der Waals surface area (Å²) in [7, 11) is 0. The lowest BCUT2D eigenvalue weighted by atomic mass is 9.95. The number of rotatable bonds is 5. The average Bonchev–Trinajstić information content (AvgIpc) is 3.52. The number of morpholine rings is 1. The molecule has 0 aliphatic carbocycles. The molecular formula is C36H41N9O3. The highest BCUT2D eigenvalue weighted by molar-refractivity contribution is 5.79. The van der Waals surface area contributed by atoms with Gasteiger partial charge in [-0.2, -0.15) is 0 Å². The topological polar surface area (TPSA) is 104 Å². The first-order valence-corrected chi connectivity index (χ1v) is 16.8. The quantitative estimate of drug-likeness (QED) is 0.263. The van der Waals surface area contributed by atoms with Crippen LogP contribution < -0.4 is 14.7 Å². The van der Waals surface area contributed by atoms with Gasteiger partial charge in [0.25, 0.3) is 0 Å². The van der Waals surface area contributed by atoms with Crippen LogP contribution in [-0.2, 0) is 9.47 Å². The van der Waals surface area contributed by atoms with Crippen molar-refractivity contribution >= 4 is 40.1 Å². The van der Waals surface area contributed by atoms with E-state index in [2.05, 4.69) is 61.7 Å². The number of nitrogens with zero attached hydrogens (tertiary/aromatic N) is 9. The highest BCUT2D eigenvalue weighted by Gasteiger charge is 2.32. The molecule has 0 spiro atoms. The summed E-state index contributed by atoms with van der Waals surface area (Å²) < 4.78 is 13.3. The standard InChI is InChI=1S/C36H41N9O3/c1-36(2,3)48-35(46)43-14-12-41(13-15-43)31-11-9-26(20-37-31)30-21-38-33(42-16-18-47-19-17-42)34-40-32(24-45(30)34)44-22-27(23-44)29-10-8-25-6-4-5-7-28(25)39-29/h4-11,20-21,24,27H,12-19,22-23H2,1-3H3. The number of anilines is 3. The third kappa shape index (κ3) is 5.96. The molecule has 0 bridgehead atoms. The maximum Gasteiger partial charge on any atom is 0.410 e. The average molecular weight is 648 g/mol. The van der Waals surface area contributed by atoms with Gasteiger partial charge in [0.2, 0.25) is 0 Å². The fourth-order valence-electron chi connectivity index (χ4n) is 6.65. The molecule has 1 amide bonds. The molecule has 5 aromatic rings. The number of carbonyl (C=O) groups is 1. The van der Waals surface area contributed by atoms with Crippen LogP contribution in [0.2, 0.25) is 0 Å². The zero-order valence-corrected chi connectivity index (χ0v) is 27.7. The second-order valence-corrected chi connectivity index (χ2v) is 13.7. The van der Waals surface area contributed by atoms with Gasteiger partial charge < -0.3 is 29.1 Å². The largest absolute Gasteiger partial charge is 0.444 e. The van der Waals surface area contributed by atoms with Gasteiger partial charge in [-0.05, 0) is 45.0 Å². The molecular weight excluding hydrogens is 606 g/mol. The van der Waals surface area contributed by atoms with E-state index in [-0.39, 0.29) is 6.09 Å². The molecule has 12 nitrogen and oxygen atoms in total. The summed E-state index contributed by atoms with van der Waals surface area (Å²) >= 11 is 0. The van der Waals surface area contributed by atoms with Crippen molar-refractivity contribution in [3.8, 4) is 11.3 Å². The maximum absolute atomic E-state index is 12.5. The molecule has 7 heterocycles. The fourth-order valence-corrected chi connectivity index (χ4v) is 6.65. The van der Waals surface area contributed by atoms with Crippen molar-refractivity contribution < 1.29 is 14.3 Å². The van der Waals surface area contributed by atoms with Crippen molar-refractivity contribution in [2.24, 2.45) is 0 Å². The lowest BCUT2D eigenvalue weighted by molar-refractivity contribution is 0.0240. The summed E-state index contributed by atoms with van der Waals surface area (Å²) in [6.07, 6.45) is 5.70. The molecule has 12 heteroatoms. The Labute approximate surface area is 279 Å². The molecule has 0 atom stereocenters. The fraction of sp³-hybridized carbons (Fsp3) is 0.417. The molecule has 1 aromatic carbocycles. The molecule has 3 fully saturated rings. The van der Waals surface area contributed by atoms with Crippen LogP contribution in [0, 0.1) is 0 Å². The number of ether oxygens (including phenoxy) is 2. The van der Waals surface area contributed by atoms with E-state index in [9.17, 15) is 4.79 Å². The predicted molar refractivity (Wildman–Crippen MR) is 186 cm³/mol. The molecule has 0 unspecified atom stereocenters. The van der Waals surface area contributed by atoms with Crippen LogP contribution in [0.15, 0.2) is 67.1 Å². The number of carbonyl (C=O) groups excluding carboxylic acids is 1. The van der Waals surface area contributed by atoms with Crippen molar-refractivity contribution in [2.45, 2.75) is 32.3 Å². The minimum absolute atomic E-state index is 0.263. The van der Waals surface area contributed by atoms with E-state index < -0.39 is 5.60 Å². The Balaban J connectivity index is 1.02. The smallest absolute Gasteiger partial charge is 0.410 e. The number of piperazine rings is 1. The number of amides is 1. The van der Waals surface area contributed by atoms with E-state index in [4.69, 9.17) is 29.4 Å². The Hall–Kier alpha value is -4.97. The van der Waals surface area contributed by atoms with E-state index in [0.717, 1.165) is 77.1 Å². The third-order valence-electron chi connectivity index (χ3n) is 9.32. The number of hydrogen-bond acceptors (Lipinski definition) is 10. The number of imidazole rings is 1. The van der Waals surface area contributed by atoms with E-state index in [1.807, 2.05) is 45.3 Å². The Morgan fingerprint density at radius 1 is 0.812 bits per heavy atom. The van der Waals surface area contributed by atoms with Gasteiger partial charge in [0.05, 0.1) is 36.8 Å². The van der Waals surface area contributed by atoms with Crippen LogP contribution in [0.3, 0.4) is 0 Å². The molecule has 0 radical (unpaired) electrons. The second kappa shape index (κ2) is 12.2. The summed E-state index contributed by atoms with van der Waals surface area (Å²) in [4.78, 5) is 41.0. The summed E-state index contributed by atoms with van der Waals surface area (Å²) in [5.74, 6) is 3.05. The van der Waals surface area contributed by atoms with Crippen LogP contribution in [0.5, 0.6) is 0 Å². The summed E-state index contributed by atoms with van der Waals surface area (Å²) in [5, 5.41) is 1.16. The van der Waals surface area contributed by atoms with Crippen LogP contribution in [0.1, 0.15) is 32.4 Å². The van der Waals surface area contributed by atoms with Gasteiger partial charge in [-0.25, -0.2) is 19.7 Å². The molecule has 48 heavy (non-hydrogen) atoms. The second-order valence-electron chi connectivity index (χ2n) is 13.7. The first kappa shape index (κ1) is 30.4. The number of aromatic nitrogens is 5. The molecule has 8 rings (SSSR count). The summed E-state index contributed by atoms with van der Waals surface area (Å²) in [6, 6.07) is 16.7. The Bertz CT molecular complexity index is 1930. The number of fused-ring (bicyclic) bond motifs is 2. The van der Waals surface area contributed by atoms with Crippen molar-refractivity contribution in [1.29, 1.82) is 0 Å². The molecule has 0 N–H and O–H groups in total. The Kier molecular flexibility index (Phi) is 7.74. The predicted octanol–water partition coefficient (Wildman–Crippen LogP) is 4.84. The maximum atomic E-state index is 12.5. The van der Waals surface area contributed by atoms with Crippen LogP contribution in [-0.4, -0.2) is 107 Å². The molecule has 0 saturated carbocycles. The zero-order valence-electron chi connectivity index (χ0n) is 27.7. The molecule has 3 aliphatic heterocycles. The highest BCUT2D eigenvalue weighted by atomic mass is 16.6. The minimum atomic E-state index is -0.505. The minimum Gasteiger partial charge on any atom is -0.444 e. The molecule has 3 aliphatic rings. The van der Waals surface area contributed by atoms with E-state index in [1.165, 1.54) is 0 Å². The number of hydrogen-bond donors (Lipinski definition) is 0. The number of pyridine rings is 2. The number of benzene rings is 1. The Morgan fingerprint density at radius 3 is 2.35 bits per heavy atom. The van der Waals surface area contributed by atoms with Gasteiger partial charge in [-0.15, -0.1) is 0 Å². The van der Waals surface area contributed by atoms with Gasteiger partial charge >= 0.3 is 6.09 Å². The van der Waals surface area contributed by atoms with Crippen molar-refractivity contribution in [1.82, 2.24) is 29.2 Å². The van der Waals surface area contributed by atoms with E-state index >= 15 is 0 Å². The summed E-state index contributed by atoms with van der Waals surface area (Å²) in [6.45, 7) is 12.9. The molecule has 4 aromatic heterocycles. The van der Waals surface area contributed by atoms with E-state index in [1.54, 1.807) is 4.90 Å². The normalized spacial score (nSPS) is 17.6. The first-order chi connectivity index (χ1) is 23.3. The van der Waals surface area contributed by atoms with E-state index in [0.29, 0.717) is 45.3 Å². The lowest BCUT2D eigenvalue weighted by Gasteiger charge is -2.39. The number of para-hydroxylation sites is 1. The lowest BCUT2D eigenvalue weighted by Crippen LogP contribution is -2.50. The molecule has 3 saturated heterocycles. The third-order valence-corrected chi connectivity index (χ3v) is 9.32. The van der Waals surface area contributed by atoms with Gasteiger partial charge in [0.1, 0.15) is 17.2 Å². The first-order valence-electron chi connectivity index (χ1n) is 16.8. The summed E-state index contributed by atoms with van der Waals surface area (Å²) in [5.41, 5.74) is 4.39.